The molecule has 3 rings (SSSR count). The fourth-order valence-electron chi connectivity index (χ4n) is 3.53. The average molecular weight is 451 g/mol. The van der Waals surface area contributed by atoms with Crippen LogP contribution >= 0.6 is 0 Å². The summed E-state index contributed by atoms with van der Waals surface area (Å²) in [6, 6.07) is 21.7. The molecule has 0 aliphatic rings. The van der Waals surface area contributed by atoms with Crippen molar-refractivity contribution in [2.75, 3.05) is 26.7 Å². The second-order valence-electron chi connectivity index (χ2n) is 7.78. The smallest absolute Gasteiger partial charge is 0.224 e. The summed E-state index contributed by atoms with van der Waals surface area (Å²) < 4.78 is 24.4. The van der Waals surface area contributed by atoms with Crippen molar-refractivity contribution in [2.45, 2.75) is 26.3 Å². The minimum Gasteiger partial charge on any atom is -0.493 e. The summed E-state index contributed by atoms with van der Waals surface area (Å²) in [5.74, 6) is 1.79. The molecule has 0 bridgehead atoms. The second kappa shape index (κ2) is 12.6. The van der Waals surface area contributed by atoms with Gasteiger partial charge in [-0.1, -0.05) is 43.3 Å². The molecule has 0 atom stereocenters. The number of hydrogen-bond acceptors (Lipinski definition) is 4. The predicted molar refractivity (Wildman–Crippen MR) is 128 cm³/mol. The fourth-order valence-corrected chi connectivity index (χ4v) is 3.53. The number of carbonyl (C=O) groups is 1. The van der Waals surface area contributed by atoms with Gasteiger partial charge >= 0.3 is 0 Å². The molecule has 0 saturated heterocycles. The van der Waals surface area contributed by atoms with E-state index in [9.17, 15) is 9.18 Å². The van der Waals surface area contributed by atoms with E-state index in [1.165, 1.54) is 12.1 Å². The first-order valence-corrected chi connectivity index (χ1v) is 11.2. The molecule has 1 amide bonds. The largest absolute Gasteiger partial charge is 0.493 e. The number of hydrogen-bond donors (Lipinski definition) is 1. The molecule has 0 radical (unpaired) electrons. The molecule has 0 spiro atoms. The summed E-state index contributed by atoms with van der Waals surface area (Å²) in [5.41, 5.74) is 1.96. The van der Waals surface area contributed by atoms with Crippen molar-refractivity contribution >= 4 is 5.91 Å². The van der Waals surface area contributed by atoms with Crippen molar-refractivity contribution in [1.29, 1.82) is 0 Å². The van der Waals surface area contributed by atoms with E-state index in [4.69, 9.17) is 9.47 Å². The van der Waals surface area contributed by atoms with Gasteiger partial charge in [-0.3, -0.25) is 9.69 Å². The molecule has 0 aromatic heterocycles. The maximum Gasteiger partial charge on any atom is 0.224 e. The Morgan fingerprint density at radius 3 is 2.45 bits per heavy atom. The number of nitrogens with zero attached hydrogens (tertiary/aromatic N) is 1. The Kier molecular flexibility index (Phi) is 9.27. The summed E-state index contributed by atoms with van der Waals surface area (Å²) in [5, 5.41) is 2.95. The van der Waals surface area contributed by atoms with Gasteiger partial charge in [-0.05, 0) is 60.5 Å². The van der Waals surface area contributed by atoms with Crippen LogP contribution in [-0.4, -0.2) is 37.6 Å². The van der Waals surface area contributed by atoms with Gasteiger partial charge in [0.15, 0.2) is 11.5 Å². The molecule has 174 valence electrons. The van der Waals surface area contributed by atoms with Crippen LogP contribution in [-0.2, 0) is 17.8 Å². The highest BCUT2D eigenvalue weighted by Gasteiger charge is 2.08. The van der Waals surface area contributed by atoms with Gasteiger partial charge in [0.05, 0.1) is 13.5 Å². The Bertz CT molecular complexity index is 1020. The number of rotatable bonds is 12. The first-order chi connectivity index (χ1) is 16.1. The first-order valence-electron chi connectivity index (χ1n) is 11.2. The zero-order valence-electron chi connectivity index (χ0n) is 19.2. The van der Waals surface area contributed by atoms with Crippen LogP contribution in [0.2, 0.25) is 0 Å². The highest BCUT2D eigenvalue weighted by atomic mass is 19.1. The third-order valence-corrected chi connectivity index (χ3v) is 5.30. The molecular formula is C27H31FN2O3. The van der Waals surface area contributed by atoms with Gasteiger partial charge in [0, 0.05) is 19.6 Å². The Morgan fingerprint density at radius 2 is 1.73 bits per heavy atom. The molecule has 3 aromatic rings. The number of carbonyl (C=O) groups excluding carboxylic acids is 1. The van der Waals surface area contributed by atoms with Gasteiger partial charge in [0.1, 0.15) is 11.6 Å². The summed E-state index contributed by atoms with van der Waals surface area (Å²) in [6.07, 6.45) is 1.11. The van der Waals surface area contributed by atoms with Gasteiger partial charge in [0.2, 0.25) is 5.91 Å². The Morgan fingerprint density at radius 1 is 0.970 bits per heavy atom. The van der Waals surface area contributed by atoms with Crippen molar-refractivity contribution in [3.63, 3.8) is 0 Å². The summed E-state index contributed by atoms with van der Waals surface area (Å²) in [4.78, 5) is 14.4. The van der Waals surface area contributed by atoms with Crippen LogP contribution in [0.3, 0.4) is 0 Å². The summed E-state index contributed by atoms with van der Waals surface area (Å²) in [7, 11) is 1.63. The number of ether oxygens (including phenoxy) is 2. The standard InChI is InChI=1S/C27H31FN2O3/c1-3-30(17-7-16-29-27(31)19-21-12-14-23(28)15-13-21)20-22-8-6-9-24(18-22)33-26-11-5-4-10-25(26)32-2/h4-6,8-15,18H,3,7,16-17,19-20H2,1-2H3,(H,29,31). The zero-order valence-corrected chi connectivity index (χ0v) is 19.2. The van der Waals surface area contributed by atoms with Crippen molar-refractivity contribution in [1.82, 2.24) is 10.2 Å². The van der Waals surface area contributed by atoms with Crippen LogP contribution in [0.1, 0.15) is 24.5 Å². The normalized spacial score (nSPS) is 10.8. The molecule has 0 saturated carbocycles. The van der Waals surface area contributed by atoms with E-state index in [-0.39, 0.29) is 18.1 Å². The molecule has 0 heterocycles. The summed E-state index contributed by atoms with van der Waals surface area (Å²) in [6.45, 7) is 5.30. The number of para-hydroxylation sites is 2. The van der Waals surface area contributed by atoms with E-state index in [1.54, 1.807) is 19.2 Å². The van der Waals surface area contributed by atoms with Crippen LogP contribution in [0, 0.1) is 5.82 Å². The maximum atomic E-state index is 13.0. The lowest BCUT2D eigenvalue weighted by Gasteiger charge is -2.21. The third-order valence-electron chi connectivity index (χ3n) is 5.30. The van der Waals surface area contributed by atoms with E-state index < -0.39 is 0 Å². The molecule has 33 heavy (non-hydrogen) atoms. The van der Waals surface area contributed by atoms with Gasteiger partial charge in [-0.2, -0.15) is 0 Å². The van der Waals surface area contributed by atoms with Crippen LogP contribution in [0.25, 0.3) is 0 Å². The van der Waals surface area contributed by atoms with Crippen molar-refractivity contribution in [3.8, 4) is 17.2 Å². The summed E-state index contributed by atoms with van der Waals surface area (Å²) >= 11 is 0. The Hall–Kier alpha value is -3.38. The molecule has 0 aliphatic heterocycles. The Labute approximate surface area is 195 Å². The lowest BCUT2D eigenvalue weighted by molar-refractivity contribution is -0.120. The Balaban J connectivity index is 1.45. The van der Waals surface area contributed by atoms with Gasteiger partial charge in [-0.15, -0.1) is 0 Å². The van der Waals surface area contributed by atoms with Gasteiger partial charge < -0.3 is 14.8 Å². The average Bonchev–Trinajstić information content (AvgIpc) is 2.83. The van der Waals surface area contributed by atoms with Crippen LogP contribution < -0.4 is 14.8 Å². The van der Waals surface area contributed by atoms with E-state index in [0.29, 0.717) is 18.0 Å². The minimum absolute atomic E-state index is 0.0501. The number of halogens is 1. The van der Waals surface area contributed by atoms with E-state index in [2.05, 4.69) is 23.2 Å². The lowest BCUT2D eigenvalue weighted by atomic mass is 10.1. The molecule has 3 aromatic carbocycles. The topological polar surface area (TPSA) is 50.8 Å². The number of nitrogens with one attached hydrogen (secondary N) is 1. The number of methoxy groups -OCH3 is 1. The van der Waals surface area contributed by atoms with Crippen molar-refractivity contribution in [3.05, 3.63) is 89.7 Å². The van der Waals surface area contributed by atoms with Crippen LogP contribution in [0.15, 0.2) is 72.8 Å². The fraction of sp³-hybridized carbons (Fsp3) is 0.296. The number of amides is 1. The molecule has 5 nitrogen and oxygen atoms in total. The number of benzene rings is 3. The van der Waals surface area contributed by atoms with Gasteiger partial charge in [-0.25, -0.2) is 4.39 Å². The maximum absolute atomic E-state index is 13.0. The monoisotopic (exact) mass is 450 g/mol. The van der Waals surface area contributed by atoms with Crippen molar-refractivity contribution in [2.24, 2.45) is 0 Å². The SMILES string of the molecule is CCN(CCCNC(=O)Cc1ccc(F)cc1)Cc1cccc(Oc2ccccc2OC)c1. The highest BCUT2D eigenvalue weighted by molar-refractivity contribution is 5.78. The first kappa shape index (κ1) is 24.3. The minimum atomic E-state index is -0.296. The highest BCUT2D eigenvalue weighted by Crippen LogP contribution is 2.31. The second-order valence-corrected chi connectivity index (χ2v) is 7.78. The van der Waals surface area contributed by atoms with E-state index in [1.807, 2.05) is 42.5 Å². The third kappa shape index (κ3) is 7.91. The molecule has 0 fully saturated rings. The molecule has 0 unspecified atom stereocenters. The molecular weight excluding hydrogens is 419 g/mol. The molecule has 6 heteroatoms. The zero-order chi connectivity index (χ0) is 23.5. The van der Waals surface area contributed by atoms with Crippen molar-refractivity contribution < 1.29 is 18.7 Å². The lowest BCUT2D eigenvalue weighted by Crippen LogP contribution is -2.30. The quantitative estimate of drug-likeness (QED) is 0.386. The molecule has 0 aliphatic carbocycles. The van der Waals surface area contributed by atoms with E-state index in [0.717, 1.165) is 42.9 Å². The van der Waals surface area contributed by atoms with E-state index >= 15 is 0 Å². The molecule has 1 N–H and O–H groups in total. The van der Waals surface area contributed by atoms with Crippen LogP contribution in [0.4, 0.5) is 4.39 Å². The van der Waals surface area contributed by atoms with Gasteiger partial charge in [0.25, 0.3) is 0 Å². The predicted octanol–water partition coefficient (Wildman–Crippen LogP) is 5.20. The van der Waals surface area contributed by atoms with Crippen LogP contribution in [0.5, 0.6) is 17.2 Å².